The number of hydrogen-bond donors (Lipinski definition) is 1. The normalized spacial score (nSPS) is 20.0. The number of nitrogens with zero attached hydrogens (tertiary/aromatic N) is 6. The Morgan fingerprint density at radius 3 is 2.59 bits per heavy atom. The molecule has 2 aromatic heterocycles. The van der Waals surface area contributed by atoms with Crippen molar-refractivity contribution in [2.45, 2.75) is 38.3 Å². The van der Waals surface area contributed by atoms with Gasteiger partial charge in [0.15, 0.2) is 5.82 Å². The summed E-state index contributed by atoms with van der Waals surface area (Å²) in [5.74, 6) is 0.704. The second-order valence-electron chi connectivity index (χ2n) is 9.14. The number of nitrogens with one attached hydrogen (secondary N) is 1. The summed E-state index contributed by atoms with van der Waals surface area (Å²) >= 11 is 6.44. The van der Waals surface area contributed by atoms with Gasteiger partial charge in [0.1, 0.15) is 5.52 Å². The van der Waals surface area contributed by atoms with Crippen molar-refractivity contribution in [3.05, 3.63) is 29.2 Å². The molecule has 9 nitrogen and oxygen atoms in total. The topological polar surface area (TPSA) is 96.2 Å². The molecule has 1 saturated heterocycles. The average molecular weight is 508 g/mol. The number of piperidine rings is 1. The molecule has 1 atom stereocenters. The van der Waals surface area contributed by atoms with Crippen LogP contribution < -0.4 is 10.2 Å². The first-order valence-electron chi connectivity index (χ1n) is 11.3. The van der Waals surface area contributed by atoms with Crippen LogP contribution in [-0.4, -0.2) is 71.2 Å². The van der Waals surface area contributed by atoms with Gasteiger partial charge in [-0.15, -0.1) is 0 Å². The molecule has 1 fully saturated rings. The quantitative estimate of drug-likeness (QED) is 0.577. The third-order valence-corrected chi connectivity index (χ3v) is 8.25. The maximum atomic E-state index is 15.2. The minimum Gasteiger partial charge on any atom is -0.351 e. The second-order valence-corrected chi connectivity index (χ2v) is 11.5. The molecule has 2 aliphatic heterocycles. The summed E-state index contributed by atoms with van der Waals surface area (Å²) in [5.41, 5.74) is 2.03. The highest BCUT2D eigenvalue weighted by Gasteiger charge is 2.27. The van der Waals surface area contributed by atoms with E-state index < -0.39 is 15.8 Å². The van der Waals surface area contributed by atoms with Gasteiger partial charge in [0.25, 0.3) is 0 Å². The molecule has 0 spiro atoms. The molecule has 12 heteroatoms. The molecule has 0 amide bonds. The van der Waals surface area contributed by atoms with Crippen LogP contribution in [-0.2, 0) is 10.0 Å². The first-order valence-corrected chi connectivity index (χ1v) is 13.5. The van der Waals surface area contributed by atoms with Gasteiger partial charge < -0.3 is 14.8 Å². The summed E-state index contributed by atoms with van der Waals surface area (Å²) in [5, 5.41) is 3.60. The summed E-state index contributed by atoms with van der Waals surface area (Å²) in [7, 11) is -1.23. The predicted octanol–water partition coefficient (Wildman–Crippen LogP) is 3.52. The molecule has 0 aliphatic carbocycles. The van der Waals surface area contributed by atoms with Crippen LogP contribution in [0, 0.1) is 5.82 Å². The third kappa shape index (κ3) is 4.20. The molecule has 5 rings (SSSR count). The van der Waals surface area contributed by atoms with E-state index in [1.807, 2.05) is 18.0 Å². The lowest BCUT2D eigenvalue weighted by Crippen LogP contribution is -2.42. The summed E-state index contributed by atoms with van der Waals surface area (Å²) in [6.07, 6.45) is 4.95. The van der Waals surface area contributed by atoms with Gasteiger partial charge in [0.2, 0.25) is 21.9 Å². The Bertz CT molecular complexity index is 1360. The van der Waals surface area contributed by atoms with Crippen molar-refractivity contribution >= 4 is 44.6 Å². The lowest BCUT2D eigenvalue weighted by Gasteiger charge is -2.30. The molecule has 4 heterocycles. The Balaban J connectivity index is 1.46. The molecule has 1 N–H and O–H groups in total. The Kier molecular flexibility index (Phi) is 5.89. The molecule has 34 heavy (non-hydrogen) atoms. The average Bonchev–Trinajstić information content (AvgIpc) is 3.19. The lowest BCUT2D eigenvalue weighted by molar-refractivity contribution is 0.331. The van der Waals surface area contributed by atoms with Crippen LogP contribution in [0.2, 0.25) is 5.02 Å². The van der Waals surface area contributed by atoms with E-state index in [0.29, 0.717) is 59.2 Å². The zero-order chi connectivity index (χ0) is 24.2. The Morgan fingerprint density at radius 1 is 1.15 bits per heavy atom. The van der Waals surface area contributed by atoms with E-state index in [9.17, 15) is 8.42 Å². The number of hydrogen-bond acceptors (Lipinski definition) is 7. The first-order chi connectivity index (χ1) is 16.1. The number of benzene rings is 1. The van der Waals surface area contributed by atoms with Gasteiger partial charge in [0.05, 0.1) is 28.7 Å². The summed E-state index contributed by atoms with van der Waals surface area (Å²) in [6, 6.07) is 3.52. The summed E-state index contributed by atoms with van der Waals surface area (Å²) in [4.78, 5) is 15.5. The molecule has 182 valence electrons. The fraction of sp³-hybridized carbons (Fsp3) is 0.500. The van der Waals surface area contributed by atoms with E-state index in [2.05, 4.69) is 31.8 Å². The molecular weight excluding hydrogens is 481 g/mol. The van der Waals surface area contributed by atoms with Gasteiger partial charge in [-0.05, 0) is 38.3 Å². The van der Waals surface area contributed by atoms with Crippen LogP contribution in [0.15, 0.2) is 18.3 Å². The van der Waals surface area contributed by atoms with E-state index in [1.165, 1.54) is 22.8 Å². The second kappa shape index (κ2) is 8.62. The number of imidazole rings is 1. The van der Waals surface area contributed by atoms with Gasteiger partial charge >= 0.3 is 0 Å². The fourth-order valence-corrected chi connectivity index (χ4v) is 5.82. The van der Waals surface area contributed by atoms with Crippen LogP contribution >= 0.6 is 11.6 Å². The Labute approximate surface area is 203 Å². The lowest BCUT2D eigenvalue weighted by atomic mass is 10.1. The van der Waals surface area contributed by atoms with E-state index in [1.54, 1.807) is 0 Å². The van der Waals surface area contributed by atoms with E-state index in [0.717, 1.165) is 18.9 Å². The van der Waals surface area contributed by atoms with Crippen LogP contribution in [0.5, 0.6) is 0 Å². The molecule has 1 aromatic carbocycles. The van der Waals surface area contributed by atoms with Crippen LogP contribution in [0.25, 0.3) is 22.3 Å². The summed E-state index contributed by atoms with van der Waals surface area (Å²) in [6.45, 7) is 3.86. The first kappa shape index (κ1) is 23.3. The predicted molar refractivity (Wildman–Crippen MR) is 131 cm³/mol. The van der Waals surface area contributed by atoms with Crippen molar-refractivity contribution in [2.75, 3.05) is 43.2 Å². The number of halogens is 2. The van der Waals surface area contributed by atoms with Crippen molar-refractivity contribution < 1.29 is 12.8 Å². The maximum Gasteiger partial charge on any atom is 0.223 e. The van der Waals surface area contributed by atoms with E-state index in [4.69, 9.17) is 11.6 Å². The maximum absolute atomic E-state index is 15.2. The van der Waals surface area contributed by atoms with Gasteiger partial charge in [-0.3, -0.25) is 0 Å². The third-order valence-electron chi connectivity index (χ3n) is 6.67. The molecule has 3 aromatic rings. The molecule has 1 unspecified atom stereocenters. The SMILES string of the molecule is CC1CCN(C)c2nc3c(F)cc(-c4nc(NC5CCN(S(C)(=O)=O)CC5)ncc4Cl)cc3n21. The van der Waals surface area contributed by atoms with Crippen molar-refractivity contribution in [1.82, 2.24) is 23.8 Å². The molecular formula is C22H27ClFN7O2S. The zero-order valence-electron chi connectivity index (χ0n) is 19.3. The molecule has 2 aliphatic rings. The molecule has 0 radical (unpaired) electrons. The van der Waals surface area contributed by atoms with Crippen LogP contribution in [0.1, 0.15) is 32.2 Å². The highest BCUT2D eigenvalue weighted by atomic mass is 35.5. The number of anilines is 2. The smallest absolute Gasteiger partial charge is 0.223 e. The molecule has 0 saturated carbocycles. The van der Waals surface area contributed by atoms with E-state index in [-0.39, 0.29) is 12.1 Å². The van der Waals surface area contributed by atoms with Crippen molar-refractivity contribution in [1.29, 1.82) is 0 Å². The van der Waals surface area contributed by atoms with Crippen molar-refractivity contribution in [2.24, 2.45) is 0 Å². The van der Waals surface area contributed by atoms with Gasteiger partial charge in [-0.1, -0.05) is 11.6 Å². The summed E-state index contributed by atoms with van der Waals surface area (Å²) < 4.78 is 42.2. The fourth-order valence-electron chi connectivity index (χ4n) is 4.74. The monoisotopic (exact) mass is 507 g/mol. The standard InChI is InChI=1S/C22H27ClFN7O2S/c1-13-4-7-29(2)22-28-20-17(24)10-14(11-18(20)31(13)22)19-16(23)12-25-21(27-19)26-15-5-8-30(9-6-15)34(3,32)33/h10-13,15H,4-9H2,1-3H3,(H,25,26,27). The highest BCUT2D eigenvalue weighted by molar-refractivity contribution is 7.88. The highest BCUT2D eigenvalue weighted by Crippen LogP contribution is 2.36. The van der Waals surface area contributed by atoms with Gasteiger partial charge in [-0.25, -0.2) is 32.1 Å². The number of rotatable bonds is 4. The minimum atomic E-state index is -3.19. The van der Waals surface area contributed by atoms with Gasteiger partial charge in [-0.2, -0.15) is 0 Å². The number of sulfonamides is 1. The van der Waals surface area contributed by atoms with Crippen molar-refractivity contribution in [3.8, 4) is 11.3 Å². The van der Waals surface area contributed by atoms with Crippen LogP contribution in [0.3, 0.4) is 0 Å². The van der Waals surface area contributed by atoms with Gasteiger partial charge in [0, 0.05) is 44.3 Å². The largest absolute Gasteiger partial charge is 0.351 e. The van der Waals surface area contributed by atoms with Crippen LogP contribution in [0.4, 0.5) is 16.3 Å². The Morgan fingerprint density at radius 2 is 1.88 bits per heavy atom. The Hall–Kier alpha value is -2.50. The zero-order valence-corrected chi connectivity index (χ0v) is 20.9. The minimum absolute atomic E-state index is 0.0319. The number of aromatic nitrogens is 4. The van der Waals surface area contributed by atoms with E-state index >= 15 is 4.39 Å². The molecule has 0 bridgehead atoms. The van der Waals surface area contributed by atoms with Crippen molar-refractivity contribution in [3.63, 3.8) is 0 Å². The number of fused-ring (bicyclic) bond motifs is 3.